The molecule has 0 radical (unpaired) electrons. The van der Waals surface area contributed by atoms with Crippen molar-refractivity contribution in [3.8, 4) is 0 Å². The van der Waals surface area contributed by atoms with Crippen molar-refractivity contribution in [3.63, 3.8) is 0 Å². The molecule has 94 valence electrons. The molecule has 0 bridgehead atoms. The maximum absolute atomic E-state index is 9.18. The predicted octanol–water partition coefficient (Wildman–Crippen LogP) is 1.12. The molecule has 4 nitrogen and oxygen atoms in total. The van der Waals surface area contributed by atoms with Gasteiger partial charge in [0.25, 0.3) is 0 Å². The van der Waals surface area contributed by atoms with Gasteiger partial charge < -0.3 is 15.7 Å². The van der Waals surface area contributed by atoms with E-state index in [0.717, 1.165) is 17.1 Å². The smallest absolute Gasteiger partial charge is 0.133 e. The van der Waals surface area contributed by atoms with Crippen molar-refractivity contribution < 1.29 is 5.11 Å². The number of aliphatic hydroxyl groups is 1. The van der Waals surface area contributed by atoms with E-state index in [1.807, 2.05) is 6.92 Å². The lowest BCUT2D eigenvalue weighted by Gasteiger charge is -2.26. The Kier molecular flexibility index (Phi) is 3.64. The van der Waals surface area contributed by atoms with Crippen LogP contribution in [-0.2, 0) is 6.54 Å². The molecule has 2 rings (SSSR count). The average Bonchev–Trinajstić information content (AvgIpc) is 3.08. The summed E-state index contributed by atoms with van der Waals surface area (Å²) in [6, 6.07) is 2.61. The molecule has 1 aliphatic carbocycles. The summed E-state index contributed by atoms with van der Waals surface area (Å²) in [4.78, 5) is 6.83. The van der Waals surface area contributed by atoms with Gasteiger partial charge in [-0.05, 0) is 38.3 Å². The molecule has 3 N–H and O–H groups in total. The van der Waals surface area contributed by atoms with Crippen LogP contribution in [0, 0.1) is 13.8 Å². The highest BCUT2D eigenvalue weighted by Crippen LogP contribution is 2.33. The Balaban J connectivity index is 2.39. The van der Waals surface area contributed by atoms with Crippen LogP contribution in [0.1, 0.15) is 29.7 Å². The minimum atomic E-state index is 0.162. The van der Waals surface area contributed by atoms with Crippen molar-refractivity contribution in [1.82, 2.24) is 4.98 Å². The molecule has 1 aromatic rings. The van der Waals surface area contributed by atoms with Gasteiger partial charge in [0.05, 0.1) is 6.61 Å². The van der Waals surface area contributed by atoms with Crippen LogP contribution in [0.2, 0.25) is 0 Å². The molecule has 1 aliphatic rings. The number of anilines is 1. The fourth-order valence-electron chi connectivity index (χ4n) is 2.29. The summed E-state index contributed by atoms with van der Waals surface area (Å²) in [5.74, 6) is 0.974. The Hall–Kier alpha value is -1.13. The van der Waals surface area contributed by atoms with Gasteiger partial charge >= 0.3 is 0 Å². The second-order valence-corrected chi connectivity index (χ2v) is 4.73. The minimum absolute atomic E-state index is 0.162. The molecule has 1 heterocycles. The number of aryl methyl sites for hydroxylation is 2. The lowest BCUT2D eigenvalue weighted by atomic mass is 10.1. The fourth-order valence-corrected chi connectivity index (χ4v) is 2.29. The van der Waals surface area contributed by atoms with Gasteiger partial charge in [-0.15, -0.1) is 0 Å². The number of hydrogen-bond acceptors (Lipinski definition) is 4. The topological polar surface area (TPSA) is 62.4 Å². The third kappa shape index (κ3) is 2.58. The Morgan fingerprint density at radius 3 is 2.71 bits per heavy atom. The summed E-state index contributed by atoms with van der Waals surface area (Å²) in [5, 5.41) is 9.18. The van der Waals surface area contributed by atoms with Crippen molar-refractivity contribution in [2.45, 2.75) is 39.3 Å². The quantitative estimate of drug-likeness (QED) is 0.803. The summed E-state index contributed by atoms with van der Waals surface area (Å²) < 4.78 is 0. The van der Waals surface area contributed by atoms with Gasteiger partial charge in [-0.25, -0.2) is 4.98 Å². The normalized spacial score (nSPS) is 15.1. The van der Waals surface area contributed by atoms with Gasteiger partial charge in [0.2, 0.25) is 0 Å². The van der Waals surface area contributed by atoms with Crippen molar-refractivity contribution in [3.05, 3.63) is 22.9 Å². The standard InChI is InChI=1S/C13H21N3O/c1-9-7-10(2)15-13(12(9)8-14)16(5-6-17)11-3-4-11/h7,11,17H,3-6,8,14H2,1-2H3. The van der Waals surface area contributed by atoms with Crippen LogP contribution in [0.5, 0.6) is 0 Å². The molecule has 0 aromatic carbocycles. The summed E-state index contributed by atoms with van der Waals surface area (Å²) in [5.41, 5.74) is 9.14. The van der Waals surface area contributed by atoms with Gasteiger partial charge in [-0.3, -0.25) is 0 Å². The van der Waals surface area contributed by atoms with Crippen LogP contribution in [-0.4, -0.2) is 29.3 Å². The Labute approximate surface area is 102 Å². The van der Waals surface area contributed by atoms with Gasteiger partial charge in [0.15, 0.2) is 0 Å². The third-order valence-corrected chi connectivity index (χ3v) is 3.26. The monoisotopic (exact) mass is 235 g/mol. The van der Waals surface area contributed by atoms with Crippen LogP contribution in [0.3, 0.4) is 0 Å². The average molecular weight is 235 g/mol. The molecule has 0 atom stereocenters. The zero-order valence-corrected chi connectivity index (χ0v) is 10.6. The predicted molar refractivity (Wildman–Crippen MR) is 69.1 cm³/mol. The molecule has 4 heteroatoms. The van der Waals surface area contributed by atoms with Crippen LogP contribution in [0.4, 0.5) is 5.82 Å². The molecule has 0 aliphatic heterocycles. The summed E-state index contributed by atoms with van der Waals surface area (Å²) in [6.45, 7) is 5.39. The van der Waals surface area contributed by atoms with E-state index in [2.05, 4.69) is 22.9 Å². The van der Waals surface area contributed by atoms with Crippen molar-refractivity contribution >= 4 is 5.82 Å². The highest BCUT2D eigenvalue weighted by molar-refractivity contribution is 5.53. The molecule has 1 aromatic heterocycles. The molecule has 1 saturated carbocycles. The van der Waals surface area contributed by atoms with Crippen molar-refractivity contribution in [2.75, 3.05) is 18.1 Å². The number of nitrogens with zero attached hydrogens (tertiary/aromatic N) is 2. The first-order chi connectivity index (χ1) is 8.17. The molecular weight excluding hydrogens is 214 g/mol. The first-order valence-corrected chi connectivity index (χ1v) is 6.22. The molecule has 0 unspecified atom stereocenters. The number of aromatic nitrogens is 1. The van der Waals surface area contributed by atoms with Crippen molar-refractivity contribution in [2.24, 2.45) is 5.73 Å². The Morgan fingerprint density at radius 1 is 1.47 bits per heavy atom. The van der Waals surface area contributed by atoms with Crippen LogP contribution < -0.4 is 10.6 Å². The second-order valence-electron chi connectivity index (χ2n) is 4.73. The van der Waals surface area contributed by atoms with E-state index < -0.39 is 0 Å². The first-order valence-electron chi connectivity index (χ1n) is 6.22. The van der Waals surface area contributed by atoms with Crippen LogP contribution >= 0.6 is 0 Å². The van der Waals surface area contributed by atoms with E-state index in [0.29, 0.717) is 19.1 Å². The van der Waals surface area contributed by atoms with Gasteiger partial charge in [-0.1, -0.05) is 0 Å². The minimum Gasteiger partial charge on any atom is -0.395 e. The molecule has 17 heavy (non-hydrogen) atoms. The zero-order chi connectivity index (χ0) is 12.4. The second kappa shape index (κ2) is 5.02. The maximum Gasteiger partial charge on any atom is 0.133 e. The van der Waals surface area contributed by atoms with Crippen LogP contribution in [0.15, 0.2) is 6.07 Å². The van der Waals surface area contributed by atoms with E-state index in [1.54, 1.807) is 0 Å². The van der Waals surface area contributed by atoms with E-state index in [-0.39, 0.29) is 6.61 Å². The highest BCUT2D eigenvalue weighted by Gasteiger charge is 2.31. The highest BCUT2D eigenvalue weighted by atomic mass is 16.3. The Bertz CT molecular complexity index is 402. The summed E-state index contributed by atoms with van der Waals surface area (Å²) in [7, 11) is 0. The number of rotatable bonds is 5. The molecule has 0 spiro atoms. The Morgan fingerprint density at radius 2 is 2.18 bits per heavy atom. The van der Waals surface area contributed by atoms with E-state index in [9.17, 15) is 5.11 Å². The summed E-state index contributed by atoms with van der Waals surface area (Å²) >= 11 is 0. The molecule has 1 fully saturated rings. The number of hydrogen-bond donors (Lipinski definition) is 2. The maximum atomic E-state index is 9.18. The SMILES string of the molecule is Cc1cc(C)c(CN)c(N(CCO)C2CC2)n1. The van der Waals surface area contributed by atoms with E-state index in [1.165, 1.54) is 18.4 Å². The lowest BCUT2D eigenvalue weighted by molar-refractivity contribution is 0.301. The van der Waals surface area contributed by atoms with E-state index in [4.69, 9.17) is 5.73 Å². The van der Waals surface area contributed by atoms with E-state index >= 15 is 0 Å². The number of nitrogens with two attached hydrogens (primary N) is 1. The van der Waals surface area contributed by atoms with Gasteiger partial charge in [0.1, 0.15) is 5.82 Å². The molecule has 0 amide bonds. The fraction of sp³-hybridized carbons (Fsp3) is 0.615. The zero-order valence-electron chi connectivity index (χ0n) is 10.6. The molecular formula is C13H21N3O. The van der Waals surface area contributed by atoms with Crippen molar-refractivity contribution in [1.29, 1.82) is 0 Å². The largest absolute Gasteiger partial charge is 0.395 e. The number of pyridine rings is 1. The van der Waals surface area contributed by atoms with Gasteiger partial charge in [0, 0.05) is 30.4 Å². The lowest BCUT2D eigenvalue weighted by Crippen LogP contribution is -2.31. The number of aliphatic hydroxyl groups excluding tert-OH is 1. The first kappa shape index (κ1) is 12.3. The molecule has 0 saturated heterocycles. The summed E-state index contributed by atoms with van der Waals surface area (Å²) in [6.07, 6.45) is 2.39. The third-order valence-electron chi connectivity index (χ3n) is 3.26. The van der Waals surface area contributed by atoms with Crippen LogP contribution in [0.25, 0.3) is 0 Å². The van der Waals surface area contributed by atoms with Gasteiger partial charge in [-0.2, -0.15) is 0 Å².